The first-order valence-corrected chi connectivity index (χ1v) is 5.43. The van der Waals surface area contributed by atoms with Crippen LogP contribution in [0.2, 0.25) is 0 Å². The van der Waals surface area contributed by atoms with Crippen molar-refractivity contribution in [3.63, 3.8) is 0 Å². The molecule has 2 rings (SSSR count). The van der Waals surface area contributed by atoms with Crippen LogP contribution in [-0.2, 0) is 4.74 Å². The van der Waals surface area contributed by atoms with Gasteiger partial charge in [0.1, 0.15) is 17.3 Å². The normalized spacial score (nSPS) is 14.8. The van der Waals surface area contributed by atoms with Crippen LogP contribution in [0.5, 0.6) is 5.75 Å². The second-order valence-corrected chi connectivity index (χ2v) is 3.69. The number of thiocarbonyl (C=S) groups is 1. The van der Waals surface area contributed by atoms with Crippen molar-refractivity contribution >= 4 is 23.1 Å². The highest BCUT2D eigenvalue weighted by Gasteiger charge is 2.11. The van der Waals surface area contributed by atoms with Crippen molar-refractivity contribution in [2.45, 2.75) is 6.92 Å². The summed E-state index contributed by atoms with van der Waals surface area (Å²) < 4.78 is 10.7. The topological polar surface area (TPSA) is 42.8 Å². The van der Waals surface area contributed by atoms with Gasteiger partial charge in [-0.25, -0.2) is 0 Å². The molecule has 0 saturated heterocycles. The monoisotopic (exact) mass is 236 g/mol. The summed E-state index contributed by atoms with van der Waals surface area (Å²) in [7, 11) is 0. The zero-order chi connectivity index (χ0) is 11.4. The molecule has 1 N–H and O–H groups in total. The summed E-state index contributed by atoms with van der Waals surface area (Å²) in [5.74, 6) is 1.39. The maximum absolute atomic E-state index is 5.38. The summed E-state index contributed by atoms with van der Waals surface area (Å²) in [6.07, 6.45) is 0. The Morgan fingerprint density at radius 1 is 1.44 bits per heavy atom. The van der Waals surface area contributed by atoms with Crippen LogP contribution in [-0.4, -0.2) is 24.1 Å². The molecule has 0 amide bonds. The van der Waals surface area contributed by atoms with Crippen LogP contribution in [0.4, 0.5) is 0 Å². The largest absolute Gasteiger partial charge is 0.494 e. The molecule has 1 aromatic rings. The Hall–Kier alpha value is -1.62. The lowest BCUT2D eigenvalue weighted by Gasteiger charge is -2.15. The zero-order valence-electron chi connectivity index (χ0n) is 8.90. The van der Waals surface area contributed by atoms with Gasteiger partial charge in [-0.05, 0) is 31.2 Å². The van der Waals surface area contributed by atoms with Crippen LogP contribution in [0.3, 0.4) is 0 Å². The molecule has 1 aliphatic rings. The van der Waals surface area contributed by atoms with Gasteiger partial charge in [-0.3, -0.25) is 5.43 Å². The lowest BCUT2D eigenvalue weighted by atomic mass is 10.2. The van der Waals surface area contributed by atoms with Crippen molar-refractivity contribution in [3.8, 4) is 5.75 Å². The van der Waals surface area contributed by atoms with Gasteiger partial charge in [0.15, 0.2) is 0 Å². The molecule has 4 nitrogen and oxygen atoms in total. The summed E-state index contributed by atoms with van der Waals surface area (Å²) in [5, 5.41) is 4.02. The molecule has 0 unspecified atom stereocenters. The molecule has 1 heterocycles. The fraction of sp³-hybridized carbons (Fsp3) is 0.273. The fourth-order valence-corrected chi connectivity index (χ4v) is 1.42. The molecule has 5 heteroatoms. The van der Waals surface area contributed by atoms with Crippen molar-refractivity contribution in [2.75, 3.05) is 13.2 Å². The summed E-state index contributed by atoms with van der Waals surface area (Å²) in [6, 6.07) is 7.58. The molecule has 1 aromatic carbocycles. The standard InChI is InChI=1S/C11H12N2O2S/c1-2-14-9-5-3-8(4-6-9)11-13-12-10(16)7-15-11/h3-6H,2,7H2,1H3,(H,12,16). The minimum absolute atomic E-state index is 0.376. The van der Waals surface area contributed by atoms with E-state index in [1.807, 2.05) is 31.2 Å². The van der Waals surface area contributed by atoms with E-state index in [-0.39, 0.29) is 0 Å². The first-order valence-electron chi connectivity index (χ1n) is 5.02. The van der Waals surface area contributed by atoms with Crippen molar-refractivity contribution in [2.24, 2.45) is 5.10 Å². The first-order chi connectivity index (χ1) is 7.79. The number of ether oxygens (including phenoxy) is 2. The Labute approximate surface area is 99.3 Å². The van der Waals surface area contributed by atoms with Crippen molar-refractivity contribution in [3.05, 3.63) is 29.8 Å². The number of hydrogen-bond acceptors (Lipinski definition) is 4. The van der Waals surface area contributed by atoms with Crippen LogP contribution in [0.1, 0.15) is 12.5 Å². The molecule has 0 atom stereocenters. The maximum Gasteiger partial charge on any atom is 0.238 e. The number of nitrogens with zero attached hydrogens (tertiary/aromatic N) is 1. The second-order valence-electron chi connectivity index (χ2n) is 3.20. The quantitative estimate of drug-likeness (QED) is 0.811. The number of hydrogen-bond donors (Lipinski definition) is 1. The predicted molar refractivity (Wildman–Crippen MR) is 65.8 cm³/mol. The molecule has 84 valence electrons. The fourth-order valence-electron chi connectivity index (χ4n) is 1.32. The van der Waals surface area contributed by atoms with Crippen LogP contribution < -0.4 is 10.2 Å². The lowest BCUT2D eigenvalue weighted by molar-refractivity contribution is 0.339. The van der Waals surface area contributed by atoms with Crippen molar-refractivity contribution in [1.82, 2.24) is 5.43 Å². The summed E-state index contributed by atoms with van der Waals surface area (Å²) in [5.41, 5.74) is 3.63. The lowest BCUT2D eigenvalue weighted by Crippen LogP contribution is -2.30. The Kier molecular flexibility index (Phi) is 3.36. The van der Waals surface area contributed by atoms with Crippen LogP contribution in [0.25, 0.3) is 0 Å². The van der Waals surface area contributed by atoms with Gasteiger partial charge in [0.25, 0.3) is 0 Å². The summed E-state index contributed by atoms with van der Waals surface area (Å²) in [4.78, 5) is 0.592. The van der Waals surface area contributed by atoms with Crippen molar-refractivity contribution < 1.29 is 9.47 Å². The third-order valence-corrected chi connectivity index (χ3v) is 2.24. The van der Waals surface area contributed by atoms with Gasteiger partial charge in [-0.2, -0.15) is 0 Å². The second kappa shape index (κ2) is 4.94. The summed E-state index contributed by atoms with van der Waals surface area (Å²) in [6.45, 7) is 2.99. The Morgan fingerprint density at radius 2 is 2.19 bits per heavy atom. The van der Waals surface area contributed by atoms with Crippen LogP contribution in [0, 0.1) is 0 Å². The Bertz CT molecular complexity index is 414. The average Bonchev–Trinajstić information content (AvgIpc) is 2.32. The van der Waals surface area contributed by atoms with E-state index in [2.05, 4.69) is 10.5 Å². The highest BCUT2D eigenvalue weighted by Crippen LogP contribution is 2.13. The molecule has 16 heavy (non-hydrogen) atoms. The van der Waals surface area contributed by atoms with E-state index in [1.54, 1.807) is 0 Å². The predicted octanol–water partition coefficient (Wildman–Crippen LogP) is 1.69. The van der Waals surface area contributed by atoms with Gasteiger partial charge in [0.2, 0.25) is 5.90 Å². The third-order valence-electron chi connectivity index (χ3n) is 2.03. The van der Waals surface area contributed by atoms with Gasteiger partial charge in [-0.1, -0.05) is 12.2 Å². The van der Waals surface area contributed by atoms with Gasteiger partial charge in [-0.15, -0.1) is 5.10 Å². The van der Waals surface area contributed by atoms with Gasteiger partial charge in [0, 0.05) is 5.56 Å². The Balaban J connectivity index is 2.12. The molecule has 1 aliphatic heterocycles. The number of nitrogens with one attached hydrogen (secondary N) is 1. The smallest absolute Gasteiger partial charge is 0.238 e. The zero-order valence-corrected chi connectivity index (χ0v) is 9.71. The minimum atomic E-state index is 0.376. The number of benzene rings is 1. The molecule has 0 aromatic heterocycles. The Morgan fingerprint density at radius 3 is 2.75 bits per heavy atom. The van der Waals surface area contributed by atoms with Crippen LogP contribution >= 0.6 is 12.2 Å². The number of rotatable bonds is 3. The van der Waals surface area contributed by atoms with E-state index in [0.717, 1.165) is 11.3 Å². The van der Waals surface area contributed by atoms with Crippen molar-refractivity contribution in [1.29, 1.82) is 0 Å². The maximum atomic E-state index is 5.38. The molecule has 0 spiro atoms. The van der Waals surface area contributed by atoms with E-state index in [4.69, 9.17) is 21.7 Å². The van der Waals surface area contributed by atoms with Gasteiger partial charge in [0.05, 0.1) is 6.61 Å². The minimum Gasteiger partial charge on any atom is -0.494 e. The molecule has 0 saturated carbocycles. The van der Waals surface area contributed by atoms with Gasteiger partial charge >= 0.3 is 0 Å². The van der Waals surface area contributed by atoms with E-state index in [1.165, 1.54) is 0 Å². The molecule has 0 bridgehead atoms. The van der Waals surface area contributed by atoms with Crippen LogP contribution in [0.15, 0.2) is 29.4 Å². The highest BCUT2D eigenvalue weighted by atomic mass is 32.1. The highest BCUT2D eigenvalue weighted by molar-refractivity contribution is 7.80. The SMILES string of the molecule is CCOc1ccc(C2=NNC(=S)CO2)cc1. The van der Waals surface area contributed by atoms with E-state index >= 15 is 0 Å². The van der Waals surface area contributed by atoms with E-state index < -0.39 is 0 Å². The summed E-state index contributed by atoms with van der Waals surface area (Å²) >= 11 is 4.90. The first kappa shape index (κ1) is 10.9. The number of hydrazone groups is 1. The molecular weight excluding hydrogens is 224 g/mol. The molecule has 0 aliphatic carbocycles. The van der Waals surface area contributed by atoms with E-state index in [9.17, 15) is 0 Å². The third kappa shape index (κ3) is 2.49. The molecule has 0 radical (unpaired) electrons. The van der Waals surface area contributed by atoms with E-state index in [0.29, 0.717) is 24.1 Å². The molecular formula is C11H12N2O2S. The van der Waals surface area contributed by atoms with Gasteiger partial charge < -0.3 is 9.47 Å². The average molecular weight is 236 g/mol. The molecule has 0 fully saturated rings.